The van der Waals surface area contributed by atoms with E-state index in [0.29, 0.717) is 18.2 Å². The van der Waals surface area contributed by atoms with E-state index in [4.69, 9.17) is 4.98 Å². The van der Waals surface area contributed by atoms with Gasteiger partial charge in [-0.25, -0.2) is 4.98 Å². The van der Waals surface area contributed by atoms with Gasteiger partial charge in [-0.15, -0.1) is 0 Å². The first-order valence-electron chi connectivity index (χ1n) is 8.78. The summed E-state index contributed by atoms with van der Waals surface area (Å²) in [7, 11) is 0. The maximum absolute atomic E-state index is 12.8. The van der Waals surface area contributed by atoms with Crippen molar-refractivity contribution in [1.29, 1.82) is 0 Å². The molecule has 2 fully saturated rings. The molecule has 5 nitrogen and oxygen atoms in total. The van der Waals surface area contributed by atoms with E-state index in [9.17, 15) is 9.59 Å². The quantitative estimate of drug-likeness (QED) is 0.868. The van der Waals surface area contributed by atoms with Gasteiger partial charge in [-0.05, 0) is 45.2 Å². The summed E-state index contributed by atoms with van der Waals surface area (Å²) in [5.41, 5.74) is 0.741. The van der Waals surface area contributed by atoms with Gasteiger partial charge in [0.25, 0.3) is 5.56 Å². The molecular weight excluding hydrogens is 302 g/mol. The molecule has 0 radical (unpaired) electrons. The van der Waals surface area contributed by atoms with Crippen LogP contribution in [0.2, 0.25) is 0 Å². The summed E-state index contributed by atoms with van der Waals surface area (Å²) in [6.45, 7) is 5.04. The molecule has 0 bridgehead atoms. The number of aryl methyl sites for hydroxylation is 1. The van der Waals surface area contributed by atoms with Crippen LogP contribution in [0, 0.1) is 0 Å². The van der Waals surface area contributed by atoms with Gasteiger partial charge in [-0.1, -0.05) is 12.1 Å². The van der Waals surface area contributed by atoms with Gasteiger partial charge < -0.3 is 4.90 Å². The van der Waals surface area contributed by atoms with Crippen molar-refractivity contribution in [2.75, 3.05) is 6.54 Å². The van der Waals surface area contributed by atoms with Crippen molar-refractivity contribution >= 4 is 16.8 Å². The molecule has 2 heterocycles. The third-order valence-electron chi connectivity index (χ3n) is 5.33. The van der Waals surface area contributed by atoms with Crippen molar-refractivity contribution in [2.45, 2.75) is 57.5 Å². The number of aromatic nitrogens is 2. The number of hydrogen-bond donors (Lipinski definition) is 0. The highest BCUT2D eigenvalue weighted by atomic mass is 16.2. The van der Waals surface area contributed by atoms with Crippen LogP contribution in [0.5, 0.6) is 0 Å². The fraction of sp³-hybridized carbons (Fsp3) is 0.526. The van der Waals surface area contributed by atoms with Crippen LogP contribution in [0.15, 0.2) is 29.1 Å². The number of carbonyl (C=O) groups is 1. The first-order valence-corrected chi connectivity index (χ1v) is 8.78. The molecule has 0 unspecified atom stereocenters. The first-order chi connectivity index (χ1) is 11.5. The van der Waals surface area contributed by atoms with E-state index in [1.165, 1.54) is 0 Å². The minimum absolute atomic E-state index is 0.0238. The highest BCUT2D eigenvalue weighted by molar-refractivity contribution is 5.79. The van der Waals surface area contributed by atoms with Crippen LogP contribution >= 0.6 is 0 Å². The molecule has 1 aromatic heterocycles. The van der Waals surface area contributed by atoms with Crippen molar-refractivity contribution in [2.24, 2.45) is 0 Å². The van der Waals surface area contributed by atoms with Crippen molar-refractivity contribution in [3.63, 3.8) is 0 Å². The van der Waals surface area contributed by atoms with Crippen molar-refractivity contribution in [1.82, 2.24) is 14.5 Å². The Bertz CT molecular complexity index is 865. The number of para-hydroxylation sites is 1. The number of benzene rings is 1. The van der Waals surface area contributed by atoms with Crippen molar-refractivity contribution < 1.29 is 4.79 Å². The lowest BCUT2D eigenvalue weighted by molar-refractivity contribution is -0.144. The van der Waals surface area contributed by atoms with E-state index < -0.39 is 0 Å². The SMILES string of the molecule is CC1(C)CCN1C(=O)CCc1nc2ccccc2c(=O)n1C1CC1. The molecule has 0 spiro atoms. The maximum atomic E-state index is 12.8. The fourth-order valence-electron chi connectivity index (χ4n) is 3.56. The minimum atomic E-state index is -0.0238. The number of hydrogen-bond acceptors (Lipinski definition) is 3. The van der Waals surface area contributed by atoms with Crippen LogP contribution in [-0.2, 0) is 11.2 Å². The summed E-state index contributed by atoms with van der Waals surface area (Å²) in [6.07, 6.45) is 4.06. The van der Waals surface area contributed by atoms with Crippen LogP contribution in [0.4, 0.5) is 0 Å². The van der Waals surface area contributed by atoms with Gasteiger partial charge >= 0.3 is 0 Å². The van der Waals surface area contributed by atoms with Crippen molar-refractivity contribution in [3.8, 4) is 0 Å². The van der Waals surface area contributed by atoms with Gasteiger partial charge in [0.2, 0.25) is 5.91 Å². The Kier molecular flexibility index (Phi) is 3.48. The van der Waals surface area contributed by atoms with Gasteiger partial charge in [0.1, 0.15) is 5.82 Å². The van der Waals surface area contributed by atoms with E-state index in [1.54, 1.807) is 0 Å². The van der Waals surface area contributed by atoms with E-state index >= 15 is 0 Å². The smallest absolute Gasteiger partial charge is 0.261 e. The Balaban J connectivity index is 1.63. The molecule has 126 valence electrons. The summed E-state index contributed by atoms with van der Waals surface area (Å²) >= 11 is 0. The standard InChI is InChI=1S/C19H23N3O2/c1-19(2)11-12-21(19)17(23)10-9-16-20-15-6-4-3-5-14(15)18(24)22(16)13-7-8-13/h3-6,13H,7-12H2,1-2H3. The second-order valence-electron chi connectivity index (χ2n) is 7.56. The molecule has 1 aromatic carbocycles. The van der Waals surface area contributed by atoms with Crippen LogP contribution in [0.1, 0.15) is 51.4 Å². The lowest BCUT2D eigenvalue weighted by Crippen LogP contribution is -2.58. The van der Waals surface area contributed by atoms with Gasteiger partial charge in [-0.2, -0.15) is 0 Å². The molecule has 0 atom stereocenters. The molecule has 1 aliphatic heterocycles. The van der Waals surface area contributed by atoms with Crippen LogP contribution in [0.25, 0.3) is 10.9 Å². The number of likely N-dealkylation sites (tertiary alicyclic amines) is 1. The predicted octanol–water partition coefficient (Wildman–Crippen LogP) is 2.67. The number of fused-ring (bicyclic) bond motifs is 1. The molecule has 1 saturated carbocycles. The Hall–Kier alpha value is -2.17. The zero-order valence-corrected chi connectivity index (χ0v) is 14.3. The van der Waals surface area contributed by atoms with E-state index in [0.717, 1.165) is 37.1 Å². The van der Waals surface area contributed by atoms with E-state index in [1.807, 2.05) is 33.7 Å². The zero-order valence-electron chi connectivity index (χ0n) is 14.3. The Morgan fingerprint density at radius 3 is 2.67 bits per heavy atom. The topological polar surface area (TPSA) is 55.2 Å². The summed E-state index contributed by atoms with van der Waals surface area (Å²) in [5.74, 6) is 0.920. The largest absolute Gasteiger partial charge is 0.337 e. The first kappa shape index (κ1) is 15.4. The highest BCUT2D eigenvalue weighted by Gasteiger charge is 2.39. The lowest BCUT2D eigenvalue weighted by Gasteiger charge is -2.48. The monoisotopic (exact) mass is 325 g/mol. The lowest BCUT2D eigenvalue weighted by atomic mass is 9.88. The minimum Gasteiger partial charge on any atom is -0.337 e. The molecule has 0 N–H and O–H groups in total. The third-order valence-corrected chi connectivity index (χ3v) is 5.33. The van der Waals surface area contributed by atoms with Gasteiger partial charge in [0.15, 0.2) is 0 Å². The van der Waals surface area contributed by atoms with E-state index in [2.05, 4.69) is 13.8 Å². The van der Waals surface area contributed by atoms with Crippen LogP contribution in [0.3, 0.4) is 0 Å². The summed E-state index contributed by atoms with van der Waals surface area (Å²) in [4.78, 5) is 31.9. The average Bonchev–Trinajstić information content (AvgIpc) is 3.37. The Morgan fingerprint density at radius 1 is 1.29 bits per heavy atom. The number of carbonyl (C=O) groups excluding carboxylic acids is 1. The van der Waals surface area contributed by atoms with Gasteiger partial charge in [0.05, 0.1) is 10.9 Å². The Labute approximate surface area is 141 Å². The molecule has 1 amide bonds. The maximum Gasteiger partial charge on any atom is 0.261 e. The molecular formula is C19H23N3O2. The molecule has 2 aromatic rings. The van der Waals surface area contributed by atoms with Gasteiger partial charge in [0, 0.05) is 31.0 Å². The fourth-order valence-corrected chi connectivity index (χ4v) is 3.56. The molecule has 1 aliphatic carbocycles. The zero-order chi connectivity index (χ0) is 16.9. The molecule has 24 heavy (non-hydrogen) atoms. The van der Waals surface area contributed by atoms with Crippen LogP contribution < -0.4 is 5.56 Å². The van der Waals surface area contributed by atoms with E-state index in [-0.39, 0.29) is 23.0 Å². The predicted molar refractivity (Wildman–Crippen MR) is 93.0 cm³/mol. The average molecular weight is 325 g/mol. The molecule has 2 aliphatic rings. The number of rotatable bonds is 4. The summed E-state index contributed by atoms with van der Waals surface area (Å²) in [6, 6.07) is 7.74. The van der Waals surface area contributed by atoms with Crippen LogP contribution in [-0.4, -0.2) is 32.4 Å². The second kappa shape index (κ2) is 5.43. The van der Waals surface area contributed by atoms with Crippen molar-refractivity contribution in [3.05, 3.63) is 40.4 Å². The molecule has 1 saturated heterocycles. The molecule has 5 heteroatoms. The number of nitrogens with zero attached hydrogens (tertiary/aromatic N) is 3. The summed E-state index contributed by atoms with van der Waals surface area (Å²) < 4.78 is 1.83. The normalized spacial score (nSPS) is 19.3. The Morgan fingerprint density at radius 2 is 2.04 bits per heavy atom. The van der Waals surface area contributed by atoms with Gasteiger partial charge in [-0.3, -0.25) is 14.2 Å². The highest BCUT2D eigenvalue weighted by Crippen LogP contribution is 2.35. The third kappa shape index (κ3) is 2.52. The molecule has 4 rings (SSSR count). The summed E-state index contributed by atoms with van der Waals surface area (Å²) in [5, 5.41) is 0.670. The number of amides is 1. The second-order valence-corrected chi connectivity index (χ2v) is 7.56.